The number of unbranched alkanes of at least 4 members (excludes halogenated alkanes) is 2. The van der Waals surface area contributed by atoms with E-state index in [1.54, 1.807) is 0 Å². The fourth-order valence-corrected chi connectivity index (χ4v) is 2.12. The van der Waals surface area contributed by atoms with Crippen molar-refractivity contribution in [1.82, 2.24) is 0 Å². The molecule has 0 unspecified atom stereocenters. The van der Waals surface area contributed by atoms with Gasteiger partial charge in [-0.2, -0.15) is 0 Å². The van der Waals surface area contributed by atoms with Crippen LogP contribution in [0.2, 0.25) is 12.6 Å². The molecule has 0 saturated carbocycles. The molecule has 0 heterocycles. The standard InChI is InChI=1S/2C10H14B.Mg/c2*1-2-3-9-11-10-7-5-4-6-8-10;/h2*4-8H,2-3,9H2,1H3;/q2*-1;+2. The Balaban J connectivity index is 0.000000403. The van der Waals surface area contributed by atoms with E-state index in [1.165, 1.54) is 49.2 Å². The average molecular weight is 314 g/mol. The van der Waals surface area contributed by atoms with Gasteiger partial charge in [0, 0.05) is 0 Å². The zero-order chi connectivity index (χ0) is 15.9. The first-order chi connectivity index (χ1) is 10.9. The Labute approximate surface area is 161 Å². The van der Waals surface area contributed by atoms with E-state index in [2.05, 4.69) is 89.1 Å². The molecule has 3 heteroatoms. The molecule has 0 aliphatic rings. The molecule has 4 radical (unpaired) electrons. The summed E-state index contributed by atoms with van der Waals surface area (Å²) in [7, 11) is 4.59. The SMILES string of the molecule is CCCC[B-]c1ccccc1.CCCC[B-]c1ccccc1.[Mg+2]. The third kappa shape index (κ3) is 12.4. The molecule has 0 aliphatic carbocycles. The van der Waals surface area contributed by atoms with Crippen molar-refractivity contribution in [3.05, 3.63) is 60.7 Å². The van der Waals surface area contributed by atoms with Crippen LogP contribution < -0.4 is 10.9 Å². The second kappa shape index (κ2) is 16.2. The van der Waals surface area contributed by atoms with Gasteiger partial charge in [-0.05, 0) is 0 Å². The molecule has 0 atom stereocenters. The van der Waals surface area contributed by atoms with E-state index in [1.807, 2.05) is 0 Å². The first-order valence-corrected chi connectivity index (χ1v) is 8.63. The predicted molar refractivity (Wildman–Crippen MR) is 109 cm³/mol. The minimum Gasteiger partial charge on any atom is -0.297 e. The van der Waals surface area contributed by atoms with Crippen molar-refractivity contribution in [2.24, 2.45) is 0 Å². The van der Waals surface area contributed by atoms with E-state index in [-0.39, 0.29) is 23.1 Å². The van der Waals surface area contributed by atoms with Crippen molar-refractivity contribution in [1.29, 1.82) is 0 Å². The molecule has 0 aliphatic heterocycles. The van der Waals surface area contributed by atoms with Crippen molar-refractivity contribution in [3.63, 3.8) is 0 Å². The van der Waals surface area contributed by atoms with Crippen molar-refractivity contribution >= 4 is 48.5 Å². The Morgan fingerprint density at radius 3 is 1.26 bits per heavy atom. The quantitative estimate of drug-likeness (QED) is 0.508. The molecule has 2 aromatic carbocycles. The number of benzene rings is 2. The van der Waals surface area contributed by atoms with Crippen LogP contribution in [0, 0.1) is 0 Å². The molecule has 0 saturated heterocycles. The Bertz CT molecular complexity index is 414. The average Bonchev–Trinajstić information content (AvgIpc) is 2.58. The van der Waals surface area contributed by atoms with Crippen LogP contribution in [0.3, 0.4) is 0 Å². The number of hydrogen-bond donors (Lipinski definition) is 0. The summed E-state index contributed by atoms with van der Waals surface area (Å²) in [6.45, 7) is 4.44. The van der Waals surface area contributed by atoms with Gasteiger partial charge in [0.25, 0.3) is 0 Å². The van der Waals surface area contributed by atoms with E-state index >= 15 is 0 Å². The third-order valence-electron chi connectivity index (χ3n) is 3.47. The maximum atomic E-state index is 2.30. The van der Waals surface area contributed by atoms with Crippen molar-refractivity contribution in [3.8, 4) is 0 Å². The van der Waals surface area contributed by atoms with Gasteiger partial charge in [-0.3, -0.25) is 25.5 Å². The van der Waals surface area contributed by atoms with Crippen LogP contribution in [0.4, 0.5) is 0 Å². The zero-order valence-corrected chi connectivity index (χ0v) is 16.3. The van der Waals surface area contributed by atoms with E-state index in [4.69, 9.17) is 0 Å². The van der Waals surface area contributed by atoms with Crippen LogP contribution in [0.5, 0.6) is 0 Å². The molecule has 0 spiro atoms. The van der Waals surface area contributed by atoms with E-state index in [0.717, 1.165) is 0 Å². The van der Waals surface area contributed by atoms with Gasteiger partial charge >= 0.3 is 23.1 Å². The van der Waals surface area contributed by atoms with E-state index in [9.17, 15) is 0 Å². The monoisotopic (exact) mass is 314 g/mol. The van der Waals surface area contributed by atoms with Gasteiger partial charge < -0.3 is 0 Å². The van der Waals surface area contributed by atoms with Gasteiger partial charge in [0.1, 0.15) is 0 Å². The van der Waals surface area contributed by atoms with Crippen molar-refractivity contribution < 1.29 is 0 Å². The minimum atomic E-state index is 0. The van der Waals surface area contributed by atoms with E-state index < -0.39 is 0 Å². The number of hydrogen-bond acceptors (Lipinski definition) is 0. The van der Waals surface area contributed by atoms with Crippen LogP contribution in [-0.2, 0) is 0 Å². The van der Waals surface area contributed by atoms with Crippen LogP contribution in [0.1, 0.15) is 39.5 Å². The topological polar surface area (TPSA) is 0 Å². The third-order valence-corrected chi connectivity index (χ3v) is 3.47. The smallest absolute Gasteiger partial charge is 0.297 e. The maximum Gasteiger partial charge on any atom is 2.00 e. The molecule has 2 aromatic rings. The Morgan fingerprint density at radius 2 is 0.957 bits per heavy atom. The van der Waals surface area contributed by atoms with Gasteiger partial charge in [0.2, 0.25) is 0 Å². The Kier molecular flexibility index (Phi) is 15.7. The second-order valence-electron chi connectivity index (χ2n) is 5.51. The fraction of sp³-hybridized carbons (Fsp3) is 0.400. The summed E-state index contributed by atoms with van der Waals surface area (Å²) >= 11 is 0. The Morgan fingerprint density at radius 1 is 0.609 bits per heavy atom. The summed E-state index contributed by atoms with van der Waals surface area (Å²) in [5.41, 5.74) is 2.70. The summed E-state index contributed by atoms with van der Waals surface area (Å²) in [5, 5.41) is 0. The molecule has 116 valence electrons. The molecule has 23 heavy (non-hydrogen) atoms. The zero-order valence-electron chi connectivity index (χ0n) is 14.9. The van der Waals surface area contributed by atoms with Crippen molar-refractivity contribution in [2.75, 3.05) is 0 Å². The van der Waals surface area contributed by atoms with Gasteiger partial charge in [-0.15, -0.1) is 24.3 Å². The molecule has 0 amide bonds. The molecule has 0 fully saturated rings. The maximum absolute atomic E-state index is 2.30. The Hall–Kier alpha value is -0.664. The first kappa shape index (κ1) is 22.3. The van der Waals surface area contributed by atoms with Crippen molar-refractivity contribution in [2.45, 2.75) is 52.2 Å². The summed E-state index contributed by atoms with van der Waals surface area (Å²) < 4.78 is 0. The van der Waals surface area contributed by atoms with Crippen LogP contribution in [0.15, 0.2) is 60.7 Å². The molecule has 0 bridgehead atoms. The molecule has 0 N–H and O–H groups in total. The predicted octanol–water partition coefficient (Wildman–Crippen LogP) is 4.09. The van der Waals surface area contributed by atoms with Gasteiger partial charge in [0.05, 0.1) is 0 Å². The summed E-state index contributed by atoms with van der Waals surface area (Å²) in [4.78, 5) is 0. The normalized spacial score (nSPS) is 9.48. The van der Waals surface area contributed by atoms with E-state index in [0.29, 0.717) is 0 Å². The second-order valence-corrected chi connectivity index (χ2v) is 5.51. The van der Waals surface area contributed by atoms with Gasteiger partial charge in [-0.25, -0.2) is 12.6 Å². The summed E-state index contributed by atoms with van der Waals surface area (Å²) in [6, 6.07) is 21.0. The first-order valence-electron chi connectivity index (χ1n) is 8.63. The number of rotatable bonds is 8. The summed E-state index contributed by atoms with van der Waals surface area (Å²) in [5.74, 6) is 0. The largest absolute Gasteiger partial charge is 2.00 e. The van der Waals surface area contributed by atoms with Crippen LogP contribution in [0.25, 0.3) is 0 Å². The molecular formula is C20H28B2Mg. The van der Waals surface area contributed by atoms with Crippen LogP contribution >= 0.6 is 0 Å². The van der Waals surface area contributed by atoms with Gasteiger partial charge in [0.15, 0.2) is 0 Å². The minimum absolute atomic E-state index is 0. The van der Waals surface area contributed by atoms with Crippen LogP contribution in [-0.4, -0.2) is 37.6 Å². The molecule has 0 aromatic heterocycles. The summed E-state index contributed by atoms with van der Waals surface area (Å²) in [6.07, 6.45) is 7.58. The molecule has 0 nitrogen and oxygen atoms in total. The molecule has 2 rings (SSSR count). The fourth-order valence-electron chi connectivity index (χ4n) is 2.12. The molecular weight excluding hydrogens is 286 g/mol. The van der Waals surface area contributed by atoms with Gasteiger partial charge in [-0.1, -0.05) is 75.9 Å².